The Labute approximate surface area is 76.6 Å². The number of nitrogens with two attached hydrogens (primary N) is 1. The van der Waals surface area contributed by atoms with Crippen molar-refractivity contribution < 1.29 is 4.79 Å². The SMILES string of the molecule is NCCNC(=O)NC1CCCS1. The van der Waals surface area contributed by atoms with Gasteiger partial charge in [0.05, 0.1) is 5.37 Å². The fourth-order valence-corrected chi connectivity index (χ4v) is 2.22. The van der Waals surface area contributed by atoms with Crippen LogP contribution in [0, 0.1) is 0 Å². The van der Waals surface area contributed by atoms with Crippen LogP contribution in [0.15, 0.2) is 0 Å². The first-order valence-corrected chi connectivity index (χ1v) is 5.24. The van der Waals surface area contributed by atoms with Gasteiger partial charge in [-0.15, -0.1) is 11.8 Å². The van der Waals surface area contributed by atoms with E-state index in [4.69, 9.17) is 5.73 Å². The maximum absolute atomic E-state index is 11.1. The van der Waals surface area contributed by atoms with Crippen LogP contribution in [-0.2, 0) is 0 Å². The van der Waals surface area contributed by atoms with Crippen LogP contribution in [0.2, 0.25) is 0 Å². The number of carbonyl (C=O) groups excluding carboxylic acids is 1. The summed E-state index contributed by atoms with van der Waals surface area (Å²) in [6, 6.07) is -0.0974. The zero-order valence-electron chi connectivity index (χ0n) is 7.01. The van der Waals surface area contributed by atoms with E-state index in [1.807, 2.05) is 0 Å². The van der Waals surface area contributed by atoms with Gasteiger partial charge in [0.15, 0.2) is 0 Å². The van der Waals surface area contributed by atoms with Gasteiger partial charge in [0.2, 0.25) is 0 Å². The summed E-state index contributed by atoms with van der Waals surface area (Å²) >= 11 is 1.80. The van der Waals surface area contributed by atoms with Crippen LogP contribution in [0.1, 0.15) is 12.8 Å². The average Bonchev–Trinajstić information content (AvgIpc) is 2.53. The van der Waals surface area contributed by atoms with E-state index in [0.29, 0.717) is 18.5 Å². The normalized spacial score (nSPS) is 22.2. The van der Waals surface area contributed by atoms with Crippen molar-refractivity contribution in [2.45, 2.75) is 18.2 Å². The van der Waals surface area contributed by atoms with Gasteiger partial charge in [0.1, 0.15) is 0 Å². The zero-order chi connectivity index (χ0) is 8.81. The van der Waals surface area contributed by atoms with Crippen molar-refractivity contribution in [3.63, 3.8) is 0 Å². The number of hydrogen-bond donors (Lipinski definition) is 3. The summed E-state index contributed by atoms with van der Waals surface area (Å²) in [5.41, 5.74) is 5.24. The third kappa shape index (κ3) is 3.32. The Bertz CT molecular complexity index is 148. The number of hydrogen-bond acceptors (Lipinski definition) is 3. The van der Waals surface area contributed by atoms with Crippen LogP contribution in [0.5, 0.6) is 0 Å². The molecule has 0 radical (unpaired) electrons. The summed E-state index contributed by atoms with van der Waals surface area (Å²) in [6.07, 6.45) is 2.28. The molecule has 2 amide bonds. The van der Waals surface area contributed by atoms with Crippen molar-refractivity contribution in [1.82, 2.24) is 10.6 Å². The first kappa shape index (κ1) is 9.67. The lowest BCUT2D eigenvalue weighted by Gasteiger charge is -2.11. The highest BCUT2D eigenvalue weighted by molar-refractivity contribution is 8.00. The number of rotatable bonds is 3. The first-order chi connectivity index (χ1) is 5.83. The molecule has 12 heavy (non-hydrogen) atoms. The predicted octanol–water partition coefficient (Wildman–Crippen LogP) is 0.0974. The fraction of sp³-hybridized carbons (Fsp3) is 0.857. The maximum Gasteiger partial charge on any atom is 0.315 e. The molecule has 1 aliphatic rings. The van der Waals surface area contributed by atoms with E-state index < -0.39 is 0 Å². The molecule has 1 rings (SSSR count). The molecule has 1 saturated heterocycles. The second-order valence-corrected chi connectivity index (χ2v) is 4.00. The molecule has 4 N–H and O–H groups in total. The van der Waals surface area contributed by atoms with Gasteiger partial charge in [-0.25, -0.2) is 4.79 Å². The number of amides is 2. The highest BCUT2D eigenvalue weighted by atomic mass is 32.2. The lowest BCUT2D eigenvalue weighted by Crippen LogP contribution is -2.41. The highest BCUT2D eigenvalue weighted by Crippen LogP contribution is 2.23. The number of nitrogens with one attached hydrogen (secondary N) is 2. The Morgan fingerprint density at radius 3 is 3.08 bits per heavy atom. The second kappa shape index (κ2) is 5.27. The van der Waals surface area contributed by atoms with Crippen LogP contribution in [-0.4, -0.2) is 30.2 Å². The van der Waals surface area contributed by atoms with Crippen LogP contribution < -0.4 is 16.4 Å². The topological polar surface area (TPSA) is 67.1 Å². The summed E-state index contributed by atoms with van der Waals surface area (Å²) in [7, 11) is 0. The lowest BCUT2D eigenvalue weighted by molar-refractivity contribution is 0.240. The molecule has 5 heteroatoms. The summed E-state index contributed by atoms with van der Waals surface area (Å²) < 4.78 is 0. The van der Waals surface area contributed by atoms with E-state index in [1.165, 1.54) is 6.42 Å². The van der Waals surface area contributed by atoms with Crippen molar-refractivity contribution in [3.05, 3.63) is 0 Å². The van der Waals surface area contributed by atoms with Gasteiger partial charge in [0.25, 0.3) is 0 Å². The quantitative estimate of drug-likeness (QED) is 0.590. The zero-order valence-corrected chi connectivity index (χ0v) is 7.82. The van der Waals surface area contributed by atoms with Crippen molar-refractivity contribution in [3.8, 4) is 0 Å². The minimum Gasteiger partial charge on any atom is -0.337 e. The third-order valence-electron chi connectivity index (χ3n) is 1.65. The van der Waals surface area contributed by atoms with Crippen molar-refractivity contribution >= 4 is 17.8 Å². The summed E-state index contributed by atoms with van der Waals surface area (Å²) in [5.74, 6) is 1.15. The smallest absolute Gasteiger partial charge is 0.315 e. The Hall–Kier alpha value is -0.420. The Morgan fingerprint density at radius 2 is 2.50 bits per heavy atom. The predicted molar refractivity (Wildman–Crippen MR) is 51.1 cm³/mol. The monoisotopic (exact) mass is 189 g/mol. The summed E-state index contributed by atoms with van der Waals surface area (Å²) in [4.78, 5) is 11.1. The van der Waals surface area contributed by atoms with Gasteiger partial charge < -0.3 is 16.4 Å². The standard InChI is InChI=1S/C7H15N3OS/c8-3-4-9-7(11)10-6-2-1-5-12-6/h6H,1-5,8H2,(H2,9,10,11). The molecule has 0 saturated carbocycles. The van der Waals surface area contributed by atoms with Crippen molar-refractivity contribution in [2.24, 2.45) is 5.73 Å². The Morgan fingerprint density at radius 1 is 1.67 bits per heavy atom. The lowest BCUT2D eigenvalue weighted by atomic mass is 10.3. The molecule has 70 valence electrons. The van der Waals surface area contributed by atoms with E-state index in [0.717, 1.165) is 12.2 Å². The molecule has 0 aliphatic carbocycles. The Kier molecular flexibility index (Phi) is 4.24. The number of thioether (sulfide) groups is 1. The molecule has 0 bridgehead atoms. The van der Waals surface area contributed by atoms with Gasteiger partial charge in [-0.05, 0) is 18.6 Å². The summed E-state index contributed by atoms with van der Waals surface area (Å²) in [5, 5.41) is 5.85. The van der Waals surface area contributed by atoms with Crippen LogP contribution in [0.4, 0.5) is 4.79 Å². The minimum absolute atomic E-state index is 0.0974. The first-order valence-electron chi connectivity index (χ1n) is 4.19. The van der Waals surface area contributed by atoms with Crippen LogP contribution in [0.3, 0.4) is 0 Å². The highest BCUT2D eigenvalue weighted by Gasteiger charge is 2.16. The van der Waals surface area contributed by atoms with E-state index in [2.05, 4.69) is 10.6 Å². The molecule has 1 fully saturated rings. The maximum atomic E-state index is 11.1. The van der Waals surface area contributed by atoms with Gasteiger partial charge in [-0.3, -0.25) is 0 Å². The molecule has 0 aromatic heterocycles. The third-order valence-corrected chi connectivity index (χ3v) is 2.93. The molecule has 0 aromatic carbocycles. The van der Waals surface area contributed by atoms with Gasteiger partial charge in [-0.1, -0.05) is 0 Å². The number of carbonyl (C=O) groups is 1. The molecule has 0 aromatic rings. The molecule has 4 nitrogen and oxygen atoms in total. The van der Waals surface area contributed by atoms with Crippen LogP contribution >= 0.6 is 11.8 Å². The molecular formula is C7H15N3OS. The fourth-order valence-electron chi connectivity index (χ4n) is 1.07. The largest absolute Gasteiger partial charge is 0.337 e. The van der Waals surface area contributed by atoms with Crippen molar-refractivity contribution in [1.29, 1.82) is 0 Å². The van der Waals surface area contributed by atoms with E-state index in [1.54, 1.807) is 11.8 Å². The molecular weight excluding hydrogens is 174 g/mol. The second-order valence-electron chi connectivity index (χ2n) is 2.69. The van der Waals surface area contributed by atoms with Crippen LogP contribution in [0.25, 0.3) is 0 Å². The molecule has 1 atom stereocenters. The molecule has 1 unspecified atom stereocenters. The average molecular weight is 189 g/mol. The molecule has 0 spiro atoms. The van der Waals surface area contributed by atoms with E-state index in [9.17, 15) is 4.79 Å². The van der Waals surface area contributed by atoms with Gasteiger partial charge >= 0.3 is 6.03 Å². The van der Waals surface area contributed by atoms with E-state index >= 15 is 0 Å². The van der Waals surface area contributed by atoms with E-state index in [-0.39, 0.29) is 6.03 Å². The van der Waals surface area contributed by atoms with Gasteiger partial charge in [0, 0.05) is 13.1 Å². The molecule has 1 heterocycles. The number of urea groups is 1. The minimum atomic E-state index is -0.0974. The molecule has 1 aliphatic heterocycles. The van der Waals surface area contributed by atoms with Gasteiger partial charge in [-0.2, -0.15) is 0 Å². The Balaban J connectivity index is 2.08. The summed E-state index contributed by atoms with van der Waals surface area (Å²) in [6.45, 7) is 1.04. The van der Waals surface area contributed by atoms with Crippen molar-refractivity contribution in [2.75, 3.05) is 18.8 Å².